The molecule has 1 heterocycles. The van der Waals surface area contributed by atoms with Gasteiger partial charge in [-0.1, -0.05) is 25.7 Å². The van der Waals surface area contributed by atoms with E-state index < -0.39 is 0 Å². The van der Waals surface area contributed by atoms with Crippen LogP contribution in [0.4, 0.5) is 0 Å². The molecule has 0 bridgehead atoms. The van der Waals surface area contributed by atoms with E-state index in [1.807, 2.05) is 0 Å². The molecule has 0 aromatic carbocycles. The Morgan fingerprint density at radius 2 is 1.54 bits per heavy atom. The van der Waals surface area contributed by atoms with Gasteiger partial charge in [-0.25, -0.2) is 0 Å². The molecule has 1 aliphatic carbocycles. The molecule has 0 N–H and O–H groups in total. The molecule has 13 heavy (non-hydrogen) atoms. The largest absolute Gasteiger partial charge is 0.303 e. The zero-order valence-corrected chi connectivity index (χ0v) is 8.97. The summed E-state index contributed by atoms with van der Waals surface area (Å²) in [5, 5.41) is 0. The highest BCUT2D eigenvalue weighted by atomic mass is 15.1. The molecule has 1 heteroatoms. The summed E-state index contributed by atoms with van der Waals surface area (Å²) >= 11 is 0. The highest BCUT2D eigenvalue weighted by molar-refractivity contribution is 4.82. The molecule has 1 atom stereocenters. The first-order valence-electron chi connectivity index (χ1n) is 6.08. The van der Waals surface area contributed by atoms with E-state index in [0.717, 1.165) is 12.0 Å². The van der Waals surface area contributed by atoms with Crippen LogP contribution in [0.2, 0.25) is 0 Å². The summed E-state index contributed by atoms with van der Waals surface area (Å²) in [5.74, 6) is 1.04. The molecule has 0 aromatic rings. The van der Waals surface area contributed by atoms with Crippen molar-refractivity contribution in [3.05, 3.63) is 0 Å². The van der Waals surface area contributed by atoms with Gasteiger partial charge in [0.25, 0.3) is 0 Å². The third-order valence-corrected chi connectivity index (χ3v) is 4.02. The lowest BCUT2D eigenvalue weighted by atomic mass is 9.80. The molecule has 0 radical (unpaired) electrons. The van der Waals surface area contributed by atoms with Gasteiger partial charge in [-0.15, -0.1) is 0 Å². The van der Waals surface area contributed by atoms with Crippen LogP contribution >= 0.6 is 0 Å². The number of likely N-dealkylation sites (tertiary alicyclic amines) is 1. The average molecular weight is 181 g/mol. The van der Waals surface area contributed by atoms with Crippen LogP contribution in [0, 0.1) is 5.92 Å². The molecule has 0 spiro atoms. The Balaban J connectivity index is 1.88. The van der Waals surface area contributed by atoms with E-state index in [1.165, 1.54) is 57.9 Å². The van der Waals surface area contributed by atoms with Gasteiger partial charge < -0.3 is 4.90 Å². The van der Waals surface area contributed by atoms with Crippen LogP contribution in [0.1, 0.15) is 51.4 Å². The normalized spacial score (nSPS) is 33.5. The maximum Gasteiger partial charge on any atom is 0.0120 e. The second-order valence-electron chi connectivity index (χ2n) is 4.94. The summed E-state index contributed by atoms with van der Waals surface area (Å²) in [6.07, 6.45) is 11.9. The first-order valence-corrected chi connectivity index (χ1v) is 6.08. The van der Waals surface area contributed by atoms with E-state index in [2.05, 4.69) is 11.9 Å². The Morgan fingerprint density at radius 1 is 0.846 bits per heavy atom. The van der Waals surface area contributed by atoms with E-state index in [9.17, 15) is 0 Å². The molecule has 2 fully saturated rings. The standard InChI is InChI=1S/C12H23N/c1-13-10-6-5-9-12(13)11-7-3-2-4-8-11/h11-12H,2-10H2,1H3. The van der Waals surface area contributed by atoms with Crippen molar-refractivity contribution in [3.63, 3.8) is 0 Å². The van der Waals surface area contributed by atoms with Crippen molar-refractivity contribution < 1.29 is 0 Å². The predicted molar refractivity (Wildman–Crippen MR) is 56.8 cm³/mol. The van der Waals surface area contributed by atoms with Gasteiger partial charge in [0, 0.05) is 6.04 Å². The molecule has 1 unspecified atom stereocenters. The van der Waals surface area contributed by atoms with E-state index >= 15 is 0 Å². The molecule has 1 nitrogen and oxygen atoms in total. The molecule has 1 aliphatic heterocycles. The quantitative estimate of drug-likeness (QED) is 0.601. The third kappa shape index (κ3) is 2.25. The average Bonchev–Trinajstić information content (AvgIpc) is 2.20. The predicted octanol–water partition coefficient (Wildman–Crippen LogP) is 3.05. The molecule has 1 saturated heterocycles. The smallest absolute Gasteiger partial charge is 0.0120 e. The molecule has 0 amide bonds. The summed E-state index contributed by atoms with van der Waals surface area (Å²) < 4.78 is 0. The number of rotatable bonds is 1. The lowest BCUT2D eigenvalue weighted by Gasteiger charge is -2.39. The van der Waals surface area contributed by atoms with Crippen LogP contribution < -0.4 is 0 Å². The first kappa shape index (κ1) is 9.51. The van der Waals surface area contributed by atoms with Crippen LogP contribution in [-0.2, 0) is 0 Å². The number of piperidine rings is 1. The molecular formula is C12H23N. The fourth-order valence-electron chi connectivity index (χ4n) is 3.22. The van der Waals surface area contributed by atoms with Crippen molar-refractivity contribution in [1.29, 1.82) is 0 Å². The van der Waals surface area contributed by atoms with Crippen LogP contribution in [0.3, 0.4) is 0 Å². The summed E-state index contributed by atoms with van der Waals surface area (Å²) in [5.41, 5.74) is 0. The van der Waals surface area contributed by atoms with Gasteiger partial charge in [0.2, 0.25) is 0 Å². The highest BCUT2D eigenvalue weighted by Gasteiger charge is 2.28. The fourth-order valence-corrected chi connectivity index (χ4v) is 3.22. The number of hydrogen-bond donors (Lipinski definition) is 0. The van der Waals surface area contributed by atoms with Crippen molar-refractivity contribution >= 4 is 0 Å². The summed E-state index contributed by atoms with van der Waals surface area (Å²) in [6, 6.07) is 0.939. The van der Waals surface area contributed by atoms with Crippen LogP contribution in [0.5, 0.6) is 0 Å². The zero-order chi connectivity index (χ0) is 9.10. The molecule has 1 saturated carbocycles. The topological polar surface area (TPSA) is 3.24 Å². The van der Waals surface area contributed by atoms with Crippen LogP contribution in [-0.4, -0.2) is 24.5 Å². The minimum absolute atomic E-state index is 0.939. The van der Waals surface area contributed by atoms with Gasteiger partial charge in [-0.2, -0.15) is 0 Å². The number of nitrogens with zero attached hydrogens (tertiary/aromatic N) is 1. The lowest BCUT2D eigenvalue weighted by Crippen LogP contribution is -2.42. The summed E-state index contributed by atoms with van der Waals surface area (Å²) in [6.45, 7) is 1.35. The van der Waals surface area contributed by atoms with E-state index in [4.69, 9.17) is 0 Å². The Morgan fingerprint density at radius 3 is 2.23 bits per heavy atom. The Bertz CT molecular complexity index is 149. The SMILES string of the molecule is CN1CCCCC1C1CCCCC1. The number of hydrogen-bond acceptors (Lipinski definition) is 1. The Labute approximate surface area is 82.5 Å². The van der Waals surface area contributed by atoms with Gasteiger partial charge in [-0.05, 0) is 45.2 Å². The first-order chi connectivity index (χ1) is 6.38. The van der Waals surface area contributed by atoms with Crippen molar-refractivity contribution in [2.75, 3.05) is 13.6 Å². The Kier molecular flexibility index (Phi) is 3.26. The minimum atomic E-state index is 0.939. The van der Waals surface area contributed by atoms with Gasteiger partial charge in [0.15, 0.2) is 0 Å². The van der Waals surface area contributed by atoms with Crippen LogP contribution in [0.15, 0.2) is 0 Å². The molecule has 0 aromatic heterocycles. The van der Waals surface area contributed by atoms with E-state index in [-0.39, 0.29) is 0 Å². The third-order valence-electron chi connectivity index (χ3n) is 4.02. The summed E-state index contributed by atoms with van der Waals surface area (Å²) in [4.78, 5) is 2.62. The van der Waals surface area contributed by atoms with Gasteiger partial charge >= 0.3 is 0 Å². The van der Waals surface area contributed by atoms with Gasteiger partial charge in [0.1, 0.15) is 0 Å². The van der Waals surface area contributed by atoms with Crippen molar-refractivity contribution in [1.82, 2.24) is 4.90 Å². The van der Waals surface area contributed by atoms with E-state index in [0.29, 0.717) is 0 Å². The van der Waals surface area contributed by atoms with Crippen molar-refractivity contribution in [2.24, 2.45) is 5.92 Å². The summed E-state index contributed by atoms with van der Waals surface area (Å²) in [7, 11) is 2.33. The Hall–Kier alpha value is -0.0400. The van der Waals surface area contributed by atoms with Gasteiger partial charge in [-0.3, -0.25) is 0 Å². The second kappa shape index (κ2) is 4.45. The minimum Gasteiger partial charge on any atom is -0.303 e. The molecule has 2 aliphatic rings. The second-order valence-corrected chi connectivity index (χ2v) is 4.94. The fraction of sp³-hybridized carbons (Fsp3) is 1.00. The monoisotopic (exact) mass is 181 g/mol. The maximum atomic E-state index is 2.62. The molecular weight excluding hydrogens is 158 g/mol. The van der Waals surface area contributed by atoms with Gasteiger partial charge in [0.05, 0.1) is 0 Å². The van der Waals surface area contributed by atoms with Crippen molar-refractivity contribution in [2.45, 2.75) is 57.4 Å². The van der Waals surface area contributed by atoms with Crippen LogP contribution in [0.25, 0.3) is 0 Å². The lowest BCUT2D eigenvalue weighted by molar-refractivity contribution is 0.106. The maximum absolute atomic E-state index is 2.62. The van der Waals surface area contributed by atoms with Crippen molar-refractivity contribution in [3.8, 4) is 0 Å². The zero-order valence-electron chi connectivity index (χ0n) is 8.97. The van der Waals surface area contributed by atoms with E-state index in [1.54, 1.807) is 0 Å². The molecule has 2 rings (SSSR count). The molecule has 76 valence electrons. The highest BCUT2D eigenvalue weighted by Crippen LogP contribution is 2.32.